The third-order valence-electron chi connectivity index (χ3n) is 3.30. The number of ketones is 1. The topological polar surface area (TPSA) is 66.8 Å². The van der Waals surface area contributed by atoms with Gasteiger partial charge in [0, 0.05) is 12.0 Å². The predicted octanol–water partition coefficient (Wildman–Crippen LogP) is 2.37. The van der Waals surface area contributed by atoms with Gasteiger partial charge in [0.1, 0.15) is 5.72 Å². The van der Waals surface area contributed by atoms with E-state index in [4.69, 9.17) is 4.74 Å². The first-order chi connectivity index (χ1) is 8.92. The molecule has 1 aliphatic heterocycles. The summed E-state index contributed by atoms with van der Waals surface area (Å²) >= 11 is 0. The van der Waals surface area contributed by atoms with Crippen LogP contribution in [-0.4, -0.2) is 40.3 Å². The average molecular weight is 263 g/mol. The molecule has 0 spiro atoms. The number of hydrogen-bond donors (Lipinski definition) is 1. The summed E-state index contributed by atoms with van der Waals surface area (Å²) in [6.07, 6.45) is -0.923. The number of rotatable bonds is 3. The van der Waals surface area contributed by atoms with Crippen LogP contribution in [0.5, 0.6) is 0 Å². The Kier molecular flexibility index (Phi) is 3.57. The second kappa shape index (κ2) is 5.01. The van der Waals surface area contributed by atoms with E-state index in [0.717, 1.165) is 0 Å². The van der Waals surface area contributed by atoms with Crippen LogP contribution in [0.15, 0.2) is 30.3 Å². The smallest absolute Gasteiger partial charge is 0.409 e. The van der Waals surface area contributed by atoms with E-state index >= 15 is 0 Å². The zero-order valence-corrected chi connectivity index (χ0v) is 11.0. The second-order valence-corrected chi connectivity index (χ2v) is 5.06. The van der Waals surface area contributed by atoms with Crippen LogP contribution in [0.2, 0.25) is 0 Å². The minimum Gasteiger partial charge on any atom is -0.465 e. The number of ether oxygens (including phenoxy) is 1. The molecule has 5 heteroatoms. The van der Waals surface area contributed by atoms with E-state index in [-0.39, 0.29) is 18.8 Å². The quantitative estimate of drug-likeness (QED) is 0.850. The van der Waals surface area contributed by atoms with Crippen molar-refractivity contribution in [3.63, 3.8) is 0 Å². The Balaban J connectivity index is 2.11. The first-order valence-corrected chi connectivity index (χ1v) is 6.16. The lowest BCUT2D eigenvalue weighted by atomic mass is 10.0. The molecule has 1 heterocycles. The molecule has 0 unspecified atom stereocenters. The van der Waals surface area contributed by atoms with Gasteiger partial charge in [-0.3, -0.25) is 9.69 Å². The number of amides is 1. The molecule has 0 bridgehead atoms. The monoisotopic (exact) mass is 263 g/mol. The van der Waals surface area contributed by atoms with E-state index in [1.807, 2.05) is 6.07 Å². The molecule has 0 aliphatic carbocycles. The maximum Gasteiger partial charge on any atom is 0.409 e. The van der Waals surface area contributed by atoms with Gasteiger partial charge in [0.05, 0.1) is 12.6 Å². The molecular weight excluding hydrogens is 246 g/mol. The average Bonchev–Trinajstić information content (AvgIpc) is 2.65. The van der Waals surface area contributed by atoms with Gasteiger partial charge in [-0.15, -0.1) is 0 Å². The van der Waals surface area contributed by atoms with Crippen molar-refractivity contribution in [2.45, 2.75) is 32.0 Å². The molecule has 1 atom stereocenters. The highest BCUT2D eigenvalue weighted by molar-refractivity contribution is 5.96. The molecule has 0 radical (unpaired) electrons. The fraction of sp³-hybridized carbons (Fsp3) is 0.429. The molecule has 5 nitrogen and oxygen atoms in total. The van der Waals surface area contributed by atoms with E-state index in [1.165, 1.54) is 4.90 Å². The molecule has 0 aromatic heterocycles. The first kappa shape index (κ1) is 13.5. The molecule has 2 rings (SSSR count). The summed E-state index contributed by atoms with van der Waals surface area (Å²) in [6.45, 7) is 3.63. The van der Waals surface area contributed by atoms with Crippen molar-refractivity contribution in [2.75, 3.05) is 6.61 Å². The zero-order chi connectivity index (χ0) is 14.0. The highest BCUT2D eigenvalue weighted by atomic mass is 16.5. The van der Waals surface area contributed by atoms with Crippen LogP contribution in [0.3, 0.4) is 0 Å². The van der Waals surface area contributed by atoms with Gasteiger partial charge >= 0.3 is 6.09 Å². The number of benzene rings is 1. The van der Waals surface area contributed by atoms with Crippen LogP contribution in [0, 0.1) is 0 Å². The van der Waals surface area contributed by atoms with Crippen LogP contribution in [-0.2, 0) is 4.74 Å². The van der Waals surface area contributed by atoms with E-state index in [1.54, 1.807) is 38.1 Å². The van der Waals surface area contributed by atoms with E-state index < -0.39 is 17.9 Å². The minimum absolute atomic E-state index is 0.0712. The lowest BCUT2D eigenvalue weighted by molar-refractivity contribution is -0.0418. The lowest BCUT2D eigenvalue weighted by Crippen LogP contribution is -2.47. The molecule has 1 saturated heterocycles. The minimum atomic E-state index is -1.06. The molecule has 1 aromatic rings. The van der Waals surface area contributed by atoms with Crippen molar-refractivity contribution < 1.29 is 19.4 Å². The third-order valence-corrected chi connectivity index (χ3v) is 3.30. The highest BCUT2D eigenvalue weighted by Crippen LogP contribution is 2.29. The SMILES string of the molecule is CC1(C)OC[C@H](CC(=O)c2ccccc2)N1C(=O)O. The predicted molar refractivity (Wildman–Crippen MR) is 69.1 cm³/mol. The van der Waals surface area contributed by atoms with Crippen molar-refractivity contribution in [2.24, 2.45) is 0 Å². The number of hydrogen-bond acceptors (Lipinski definition) is 3. The fourth-order valence-electron chi connectivity index (χ4n) is 2.38. The molecular formula is C14H17NO4. The largest absolute Gasteiger partial charge is 0.465 e. The molecule has 0 saturated carbocycles. The van der Waals surface area contributed by atoms with Crippen molar-refractivity contribution in [3.05, 3.63) is 35.9 Å². The van der Waals surface area contributed by atoms with Crippen LogP contribution in [0.1, 0.15) is 30.6 Å². The normalized spacial score (nSPS) is 21.4. The molecule has 102 valence electrons. The standard InChI is InChI=1S/C14H17NO4/c1-14(2)15(13(17)18)11(9-19-14)8-12(16)10-6-4-3-5-7-10/h3-7,11H,8-9H2,1-2H3,(H,17,18)/t11-/m0/s1. The highest BCUT2D eigenvalue weighted by Gasteiger charge is 2.44. The zero-order valence-electron chi connectivity index (χ0n) is 11.0. The Morgan fingerprint density at radius 1 is 1.37 bits per heavy atom. The van der Waals surface area contributed by atoms with Crippen molar-refractivity contribution in [1.82, 2.24) is 4.90 Å². The summed E-state index contributed by atoms with van der Waals surface area (Å²) in [5.41, 5.74) is -0.287. The molecule has 1 amide bonds. The molecule has 1 fully saturated rings. The number of carboxylic acid groups (broad SMARTS) is 1. The molecule has 1 N–H and O–H groups in total. The van der Waals surface area contributed by atoms with Crippen LogP contribution in [0.4, 0.5) is 4.79 Å². The van der Waals surface area contributed by atoms with Gasteiger partial charge in [-0.2, -0.15) is 0 Å². The number of Topliss-reactive ketones (excluding diaryl/α,β-unsaturated/α-hetero) is 1. The maximum atomic E-state index is 12.1. The van der Waals surface area contributed by atoms with Gasteiger partial charge in [-0.05, 0) is 13.8 Å². The van der Waals surface area contributed by atoms with Gasteiger partial charge in [-0.25, -0.2) is 4.79 Å². The lowest BCUT2D eigenvalue weighted by Gasteiger charge is -2.30. The van der Waals surface area contributed by atoms with E-state index in [0.29, 0.717) is 5.56 Å². The number of nitrogens with zero attached hydrogens (tertiary/aromatic N) is 1. The summed E-state index contributed by atoms with van der Waals surface area (Å²) in [7, 11) is 0. The third kappa shape index (κ3) is 2.76. The summed E-state index contributed by atoms with van der Waals surface area (Å²) in [4.78, 5) is 24.6. The Hall–Kier alpha value is -1.88. The second-order valence-electron chi connectivity index (χ2n) is 5.06. The number of carbonyl (C=O) groups is 2. The Labute approximate surface area is 111 Å². The summed E-state index contributed by atoms with van der Waals surface area (Å²) in [6, 6.07) is 8.44. The van der Waals surface area contributed by atoms with Gasteiger partial charge in [0.25, 0.3) is 0 Å². The summed E-state index contributed by atoms with van der Waals surface area (Å²) < 4.78 is 5.46. The van der Waals surface area contributed by atoms with Crippen LogP contribution >= 0.6 is 0 Å². The van der Waals surface area contributed by atoms with Gasteiger partial charge in [-0.1, -0.05) is 30.3 Å². The van der Waals surface area contributed by atoms with Crippen molar-refractivity contribution >= 4 is 11.9 Å². The van der Waals surface area contributed by atoms with Gasteiger partial charge in [0.2, 0.25) is 0 Å². The van der Waals surface area contributed by atoms with Gasteiger partial charge in [0.15, 0.2) is 5.78 Å². The molecule has 19 heavy (non-hydrogen) atoms. The van der Waals surface area contributed by atoms with E-state index in [2.05, 4.69) is 0 Å². The van der Waals surface area contributed by atoms with Crippen LogP contribution < -0.4 is 0 Å². The number of carbonyl (C=O) groups excluding carboxylic acids is 1. The van der Waals surface area contributed by atoms with Crippen molar-refractivity contribution in [3.8, 4) is 0 Å². The first-order valence-electron chi connectivity index (χ1n) is 6.16. The van der Waals surface area contributed by atoms with Crippen LogP contribution in [0.25, 0.3) is 0 Å². The van der Waals surface area contributed by atoms with Crippen molar-refractivity contribution in [1.29, 1.82) is 0 Å². The Morgan fingerprint density at radius 2 is 2.00 bits per heavy atom. The summed E-state index contributed by atoms with van der Waals surface area (Å²) in [5.74, 6) is -0.0712. The Bertz CT molecular complexity index is 483. The summed E-state index contributed by atoms with van der Waals surface area (Å²) in [5, 5.41) is 9.24. The maximum absolute atomic E-state index is 12.1. The fourth-order valence-corrected chi connectivity index (χ4v) is 2.38. The Morgan fingerprint density at radius 3 is 2.58 bits per heavy atom. The van der Waals surface area contributed by atoms with E-state index in [9.17, 15) is 14.7 Å². The van der Waals surface area contributed by atoms with Gasteiger partial charge < -0.3 is 9.84 Å². The molecule has 1 aromatic carbocycles. The molecule has 1 aliphatic rings.